The molecule has 0 aliphatic heterocycles. The second-order valence-electron chi connectivity index (χ2n) is 4.55. The predicted octanol–water partition coefficient (Wildman–Crippen LogP) is 3.39. The van der Waals surface area contributed by atoms with E-state index in [4.69, 9.17) is 4.74 Å². The Morgan fingerprint density at radius 2 is 1.75 bits per heavy atom. The van der Waals surface area contributed by atoms with Gasteiger partial charge in [-0.25, -0.2) is 0 Å². The zero-order valence-electron chi connectivity index (χ0n) is 10.8. The first-order valence-corrected chi connectivity index (χ1v) is 6.09. The van der Waals surface area contributed by atoms with Gasteiger partial charge in [0.1, 0.15) is 5.75 Å². The molecule has 0 aromatic heterocycles. The van der Waals surface area contributed by atoms with Gasteiger partial charge in [0.15, 0.2) is 0 Å². The summed E-state index contributed by atoms with van der Waals surface area (Å²) in [6.45, 7) is 10.4. The molecule has 1 atom stereocenters. The van der Waals surface area contributed by atoms with Gasteiger partial charge in [-0.05, 0) is 37.1 Å². The van der Waals surface area contributed by atoms with Crippen molar-refractivity contribution in [3.8, 4) is 5.75 Å². The Morgan fingerprint density at radius 1 is 1.12 bits per heavy atom. The van der Waals surface area contributed by atoms with Crippen LogP contribution in [0.15, 0.2) is 24.3 Å². The summed E-state index contributed by atoms with van der Waals surface area (Å²) in [6.07, 6.45) is 0. The quantitative estimate of drug-likeness (QED) is 0.795. The number of rotatable bonds is 6. The highest BCUT2D eigenvalue weighted by atomic mass is 16.5. The van der Waals surface area contributed by atoms with Crippen molar-refractivity contribution < 1.29 is 4.74 Å². The highest BCUT2D eigenvalue weighted by Crippen LogP contribution is 2.17. The number of hydrogen-bond acceptors (Lipinski definition) is 2. The summed E-state index contributed by atoms with van der Waals surface area (Å²) in [6, 6.07) is 8.76. The van der Waals surface area contributed by atoms with Crippen molar-refractivity contribution in [3.05, 3.63) is 29.8 Å². The van der Waals surface area contributed by atoms with Crippen molar-refractivity contribution in [1.29, 1.82) is 0 Å². The highest BCUT2D eigenvalue weighted by molar-refractivity contribution is 5.28. The van der Waals surface area contributed by atoms with E-state index in [1.807, 2.05) is 12.1 Å². The van der Waals surface area contributed by atoms with Crippen LogP contribution in [0.4, 0.5) is 0 Å². The smallest absolute Gasteiger partial charge is 0.119 e. The van der Waals surface area contributed by atoms with Crippen molar-refractivity contribution >= 4 is 0 Å². The first kappa shape index (κ1) is 13.0. The second-order valence-corrected chi connectivity index (χ2v) is 4.55. The average Bonchev–Trinajstić information content (AvgIpc) is 2.27. The molecule has 0 spiro atoms. The van der Waals surface area contributed by atoms with E-state index in [1.54, 1.807) is 0 Å². The van der Waals surface area contributed by atoms with E-state index in [2.05, 4.69) is 45.1 Å². The SMILES string of the molecule is CCN[C@@H](C)c1ccc(OCC(C)C)cc1. The summed E-state index contributed by atoms with van der Waals surface area (Å²) < 4.78 is 5.64. The van der Waals surface area contributed by atoms with Crippen LogP contribution >= 0.6 is 0 Å². The topological polar surface area (TPSA) is 21.3 Å². The first-order valence-electron chi connectivity index (χ1n) is 6.09. The lowest BCUT2D eigenvalue weighted by molar-refractivity contribution is 0.271. The molecule has 0 unspecified atom stereocenters. The third-order valence-electron chi connectivity index (χ3n) is 2.47. The summed E-state index contributed by atoms with van der Waals surface area (Å²) in [5, 5.41) is 3.39. The van der Waals surface area contributed by atoms with Gasteiger partial charge in [-0.2, -0.15) is 0 Å². The average molecular weight is 221 g/mol. The van der Waals surface area contributed by atoms with Crippen LogP contribution in [-0.2, 0) is 0 Å². The minimum absolute atomic E-state index is 0.407. The lowest BCUT2D eigenvalue weighted by atomic mass is 10.1. The fourth-order valence-electron chi connectivity index (χ4n) is 1.54. The summed E-state index contributed by atoms with van der Waals surface area (Å²) in [4.78, 5) is 0. The molecule has 0 aliphatic rings. The van der Waals surface area contributed by atoms with Crippen LogP contribution in [0.5, 0.6) is 5.75 Å². The van der Waals surface area contributed by atoms with Crippen molar-refractivity contribution in [2.45, 2.75) is 33.7 Å². The number of benzene rings is 1. The zero-order chi connectivity index (χ0) is 12.0. The maximum Gasteiger partial charge on any atom is 0.119 e. The first-order chi connectivity index (χ1) is 7.63. The molecule has 1 N–H and O–H groups in total. The van der Waals surface area contributed by atoms with Crippen LogP contribution in [0.2, 0.25) is 0 Å². The largest absolute Gasteiger partial charge is 0.493 e. The molecule has 0 amide bonds. The molecule has 1 rings (SSSR count). The molecule has 16 heavy (non-hydrogen) atoms. The Hall–Kier alpha value is -1.02. The van der Waals surface area contributed by atoms with E-state index in [1.165, 1.54) is 5.56 Å². The standard InChI is InChI=1S/C14H23NO/c1-5-15-12(4)13-6-8-14(9-7-13)16-10-11(2)3/h6-9,11-12,15H,5,10H2,1-4H3/t12-/m0/s1. The van der Waals surface area contributed by atoms with E-state index in [-0.39, 0.29) is 0 Å². The maximum absolute atomic E-state index is 5.64. The van der Waals surface area contributed by atoms with E-state index in [0.29, 0.717) is 12.0 Å². The monoisotopic (exact) mass is 221 g/mol. The van der Waals surface area contributed by atoms with E-state index < -0.39 is 0 Å². The Morgan fingerprint density at radius 3 is 2.25 bits per heavy atom. The Balaban J connectivity index is 2.53. The summed E-state index contributed by atoms with van der Waals surface area (Å²) in [7, 11) is 0. The van der Waals surface area contributed by atoms with Gasteiger partial charge in [0.2, 0.25) is 0 Å². The summed E-state index contributed by atoms with van der Waals surface area (Å²) in [5.41, 5.74) is 1.30. The molecule has 0 heterocycles. The lowest BCUT2D eigenvalue weighted by Gasteiger charge is -2.14. The molecular weight excluding hydrogens is 198 g/mol. The Kier molecular flexibility index (Phi) is 5.33. The summed E-state index contributed by atoms with van der Waals surface area (Å²) in [5.74, 6) is 1.53. The fraction of sp³-hybridized carbons (Fsp3) is 0.571. The molecule has 1 aromatic carbocycles. The van der Waals surface area contributed by atoms with Gasteiger partial charge < -0.3 is 10.1 Å². The van der Waals surface area contributed by atoms with Crippen molar-refractivity contribution in [2.24, 2.45) is 5.92 Å². The minimum Gasteiger partial charge on any atom is -0.493 e. The highest BCUT2D eigenvalue weighted by Gasteiger charge is 2.03. The fourth-order valence-corrected chi connectivity index (χ4v) is 1.54. The molecule has 0 radical (unpaired) electrons. The lowest BCUT2D eigenvalue weighted by Crippen LogP contribution is -2.17. The molecule has 2 nitrogen and oxygen atoms in total. The van der Waals surface area contributed by atoms with Gasteiger partial charge in [0, 0.05) is 6.04 Å². The predicted molar refractivity (Wildman–Crippen MR) is 68.9 cm³/mol. The van der Waals surface area contributed by atoms with E-state index in [0.717, 1.165) is 18.9 Å². The van der Waals surface area contributed by atoms with Gasteiger partial charge in [0.05, 0.1) is 6.61 Å². The third kappa shape index (κ3) is 4.23. The van der Waals surface area contributed by atoms with Gasteiger partial charge in [-0.3, -0.25) is 0 Å². The molecule has 2 heteroatoms. The van der Waals surface area contributed by atoms with Gasteiger partial charge in [-0.15, -0.1) is 0 Å². The molecule has 0 fully saturated rings. The van der Waals surface area contributed by atoms with Crippen molar-refractivity contribution in [1.82, 2.24) is 5.32 Å². The maximum atomic E-state index is 5.64. The van der Waals surface area contributed by atoms with Gasteiger partial charge in [-0.1, -0.05) is 32.9 Å². The minimum atomic E-state index is 0.407. The second kappa shape index (κ2) is 6.54. The van der Waals surface area contributed by atoms with Gasteiger partial charge in [0.25, 0.3) is 0 Å². The third-order valence-corrected chi connectivity index (χ3v) is 2.47. The van der Waals surface area contributed by atoms with Crippen molar-refractivity contribution in [2.75, 3.05) is 13.2 Å². The molecule has 90 valence electrons. The van der Waals surface area contributed by atoms with E-state index in [9.17, 15) is 0 Å². The molecule has 0 aliphatic carbocycles. The van der Waals surface area contributed by atoms with Crippen LogP contribution in [0.25, 0.3) is 0 Å². The molecular formula is C14H23NO. The Labute approximate surface area is 99.0 Å². The number of hydrogen-bond donors (Lipinski definition) is 1. The zero-order valence-corrected chi connectivity index (χ0v) is 10.8. The molecule has 0 saturated carbocycles. The summed E-state index contributed by atoms with van der Waals surface area (Å²) >= 11 is 0. The van der Waals surface area contributed by atoms with Crippen molar-refractivity contribution in [3.63, 3.8) is 0 Å². The Bertz CT molecular complexity index is 292. The normalized spacial score (nSPS) is 12.8. The van der Waals surface area contributed by atoms with Crippen LogP contribution in [-0.4, -0.2) is 13.2 Å². The van der Waals surface area contributed by atoms with E-state index >= 15 is 0 Å². The van der Waals surface area contributed by atoms with Gasteiger partial charge >= 0.3 is 0 Å². The molecule has 0 bridgehead atoms. The van der Waals surface area contributed by atoms with Crippen LogP contribution < -0.4 is 10.1 Å². The molecule has 1 aromatic rings. The molecule has 0 saturated heterocycles. The van der Waals surface area contributed by atoms with Crippen LogP contribution in [0.3, 0.4) is 0 Å². The number of nitrogens with one attached hydrogen (secondary N) is 1. The van der Waals surface area contributed by atoms with Crippen LogP contribution in [0.1, 0.15) is 39.3 Å². The van der Waals surface area contributed by atoms with Crippen LogP contribution in [0, 0.1) is 5.92 Å². The number of ether oxygens (including phenoxy) is 1.